The first-order valence-corrected chi connectivity index (χ1v) is 7.48. The van der Waals surface area contributed by atoms with Gasteiger partial charge in [-0.2, -0.15) is 26.3 Å². The van der Waals surface area contributed by atoms with Crippen LogP contribution in [0.25, 0.3) is 0 Å². The van der Waals surface area contributed by atoms with Gasteiger partial charge in [-0.3, -0.25) is 10.9 Å². The molecule has 26 heavy (non-hydrogen) atoms. The molecule has 0 aliphatic rings. The number of nitrogens with zero attached hydrogens (tertiary/aromatic N) is 1. The quantitative estimate of drug-likeness (QED) is 0.371. The number of hydrogen-bond donors (Lipinski definition) is 3. The number of hydrazine groups is 1. The van der Waals surface area contributed by atoms with E-state index in [1.807, 2.05) is 0 Å². The Kier molecular flexibility index (Phi) is 5.81. The molecular weight excluding hydrogens is 406 g/mol. The van der Waals surface area contributed by atoms with Gasteiger partial charge in [0.1, 0.15) is 0 Å². The van der Waals surface area contributed by atoms with Crippen molar-refractivity contribution in [2.75, 3.05) is 10.7 Å². The van der Waals surface area contributed by atoms with Gasteiger partial charge in [-0.25, -0.2) is 4.98 Å². The summed E-state index contributed by atoms with van der Waals surface area (Å²) in [7, 11) is 0. The molecule has 140 valence electrons. The third-order valence-corrected chi connectivity index (χ3v) is 3.40. The Morgan fingerprint density at radius 1 is 1.00 bits per heavy atom. The largest absolute Gasteiger partial charge is 0.417 e. The van der Waals surface area contributed by atoms with E-state index in [0.717, 1.165) is 12.1 Å². The molecule has 0 atom stereocenters. The smallest absolute Gasteiger partial charge is 0.331 e. The first-order chi connectivity index (χ1) is 12.0. The van der Waals surface area contributed by atoms with Crippen molar-refractivity contribution in [1.29, 1.82) is 0 Å². The minimum atomic E-state index is -4.59. The van der Waals surface area contributed by atoms with Crippen molar-refractivity contribution < 1.29 is 26.3 Å². The maximum Gasteiger partial charge on any atom is 0.417 e. The molecule has 0 fully saturated rings. The highest BCUT2D eigenvalue weighted by atomic mass is 35.5. The normalized spacial score (nSPS) is 11.8. The van der Waals surface area contributed by atoms with Gasteiger partial charge in [0.25, 0.3) is 0 Å². The van der Waals surface area contributed by atoms with E-state index in [1.165, 1.54) is 12.1 Å². The molecule has 0 aliphatic carbocycles. The number of rotatable bonds is 3. The Bertz CT molecular complexity index is 809. The molecule has 0 bridgehead atoms. The van der Waals surface area contributed by atoms with Crippen LogP contribution in [0.3, 0.4) is 0 Å². The van der Waals surface area contributed by atoms with Gasteiger partial charge in [0.05, 0.1) is 16.1 Å². The molecule has 0 aliphatic heterocycles. The van der Waals surface area contributed by atoms with Gasteiger partial charge in [0.15, 0.2) is 10.9 Å². The summed E-state index contributed by atoms with van der Waals surface area (Å²) in [5, 5.41) is 2.01. The second kappa shape index (κ2) is 7.54. The second-order valence-electron chi connectivity index (χ2n) is 4.83. The number of pyridine rings is 1. The number of benzene rings is 1. The lowest BCUT2D eigenvalue weighted by Crippen LogP contribution is -2.33. The summed E-state index contributed by atoms with van der Waals surface area (Å²) in [6.45, 7) is 0. The molecule has 0 unspecified atom stereocenters. The molecule has 12 heteroatoms. The van der Waals surface area contributed by atoms with E-state index in [9.17, 15) is 26.3 Å². The Labute approximate surface area is 153 Å². The minimum Gasteiger partial charge on any atom is -0.331 e. The summed E-state index contributed by atoms with van der Waals surface area (Å²) in [6, 6.07) is 4.95. The van der Waals surface area contributed by atoms with Crippen LogP contribution in [0.5, 0.6) is 0 Å². The Balaban J connectivity index is 1.99. The number of anilines is 2. The second-order valence-corrected chi connectivity index (χ2v) is 5.65. The molecule has 0 saturated carbocycles. The molecule has 0 radical (unpaired) electrons. The predicted octanol–water partition coefficient (Wildman–Crippen LogP) is 5.09. The number of thiocarbonyl (C=S) groups is 1. The van der Waals surface area contributed by atoms with Crippen LogP contribution in [0.15, 0.2) is 36.5 Å². The first kappa shape index (κ1) is 20.0. The van der Waals surface area contributed by atoms with Crippen LogP contribution in [-0.4, -0.2) is 10.1 Å². The molecule has 1 heterocycles. The molecule has 0 saturated heterocycles. The predicted molar refractivity (Wildman–Crippen MR) is 88.7 cm³/mol. The van der Waals surface area contributed by atoms with Crippen LogP contribution in [0.4, 0.5) is 37.8 Å². The number of alkyl halides is 6. The van der Waals surface area contributed by atoms with Crippen molar-refractivity contribution >= 4 is 40.4 Å². The van der Waals surface area contributed by atoms with Crippen LogP contribution in [0, 0.1) is 0 Å². The minimum absolute atomic E-state index is 0.0607. The third kappa shape index (κ3) is 5.36. The van der Waals surface area contributed by atoms with Gasteiger partial charge < -0.3 is 5.32 Å². The van der Waals surface area contributed by atoms with Crippen LogP contribution in [0.2, 0.25) is 5.02 Å². The number of aromatic nitrogens is 1. The lowest BCUT2D eigenvalue weighted by atomic mass is 10.2. The Hall–Kier alpha value is -2.27. The molecule has 3 N–H and O–H groups in total. The van der Waals surface area contributed by atoms with Crippen LogP contribution in [0.1, 0.15) is 11.1 Å². The van der Waals surface area contributed by atoms with Gasteiger partial charge in [-0.15, -0.1) is 0 Å². The summed E-state index contributed by atoms with van der Waals surface area (Å²) in [5.74, 6) is -0.146. The van der Waals surface area contributed by atoms with Gasteiger partial charge in [-0.05, 0) is 36.5 Å². The lowest BCUT2D eigenvalue weighted by Gasteiger charge is -2.15. The topological polar surface area (TPSA) is 49.0 Å². The number of halogens is 7. The highest BCUT2D eigenvalue weighted by Crippen LogP contribution is 2.32. The first-order valence-electron chi connectivity index (χ1n) is 6.70. The third-order valence-electron chi connectivity index (χ3n) is 2.91. The molecule has 1 aromatic heterocycles. The van der Waals surface area contributed by atoms with Crippen molar-refractivity contribution in [3.63, 3.8) is 0 Å². The van der Waals surface area contributed by atoms with Crippen LogP contribution >= 0.6 is 23.8 Å². The molecule has 2 rings (SSSR count). The fourth-order valence-corrected chi connectivity index (χ4v) is 2.12. The molecule has 1 aromatic carbocycles. The Morgan fingerprint density at radius 2 is 1.65 bits per heavy atom. The summed E-state index contributed by atoms with van der Waals surface area (Å²) in [4.78, 5) is 3.51. The monoisotopic (exact) mass is 414 g/mol. The standard InChI is InChI=1S/C14H9ClF6N4S/c15-10-5-8(14(19,20)21)6-22-11(10)24-25-12(26)23-9-3-1-2-7(4-9)13(16,17)18/h1-6H,(H,22,24)(H2,23,25,26). The zero-order valence-corrected chi connectivity index (χ0v) is 14.0. The Morgan fingerprint density at radius 3 is 2.23 bits per heavy atom. The van der Waals surface area contributed by atoms with E-state index in [2.05, 4.69) is 21.2 Å². The van der Waals surface area contributed by atoms with E-state index in [1.54, 1.807) is 0 Å². The average Bonchev–Trinajstić information content (AvgIpc) is 2.52. The fraction of sp³-hybridized carbons (Fsp3) is 0.143. The number of nitrogens with one attached hydrogen (secondary N) is 3. The summed E-state index contributed by atoms with van der Waals surface area (Å²) >= 11 is 10.6. The molecular formula is C14H9ClF6N4S. The fourth-order valence-electron chi connectivity index (χ4n) is 1.74. The van der Waals surface area contributed by atoms with Crippen molar-refractivity contribution in [3.05, 3.63) is 52.7 Å². The SMILES string of the molecule is FC(F)(F)c1cccc(NC(=S)NNc2ncc(C(F)(F)F)cc2Cl)c1. The maximum absolute atomic E-state index is 12.6. The van der Waals surface area contributed by atoms with Crippen LogP contribution in [-0.2, 0) is 12.4 Å². The van der Waals surface area contributed by atoms with Crippen molar-refractivity contribution in [2.45, 2.75) is 12.4 Å². The zero-order chi connectivity index (χ0) is 19.5. The molecule has 0 spiro atoms. The van der Waals surface area contributed by atoms with Gasteiger partial charge in [-0.1, -0.05) is 17.7 Å². The zero-order valence-electron chi connectivity index (χ0n) is 12.5. The number of hydrogen-bond acceptors (Lipinski definition) is 3. The van der Waals surface area contributed by atoms with E-state index in [-0.39, 0.29) is 21.6 Å². The van der Waals surface area contributed by atoms with Crippen molar-refractivity contribution in [3.8, 4) is 0 Å². The van der Waals surface area contributed by atoms with Crippen LogP contribution < -0.4 is 16.2 Å². The van der Waals surface area contributed by atoms with E-state index in [4.69, 9.17) is 23.8 Å². The van der Waals surface area contributed by atoms with Gasteiger partial charge >= 0.3 is 12.4 Å². The van der Waals surface area contributed by atoms with E-state index < -0.39 is 23.5 Å². The summed E-state index contributed by atoms with van der Waals surface area (Å²) < 4.78 is 75.5. The highest BCUT2D eigenvalue weighted by Gasteiger charge is 2.32. The summed E-state index contributed by atoms with van der Waals surface area (Å²) in [5.41, 5.74) is 2.90. The average molecular weight is 415 g/mol. The van der Waals surface area contributed by atoms with Gasteiger partial charge in [0.2, 0.25) is 0 Å². The van der Waals surface area contributed by atoms with Crippen molar-refractivity contribution in [1.82, 2.24) is 10.4 Å². The van der Waals surface area contributed by atoms with E-state index >= 15 is 0 Å². The maximum atomic E-state index is 12.6. The molecule has 2 aromatic rings. The highest BCUT2D eigenvalue weighted by molar-refractivity contribution is 7.80. The molecule has 4 nitrogen and oxygen atoms in total. The van der Waals surface area contributed by atoms with E-state index in [0.29, 0.717) is 12.3 Å². The van der Waals surface area contributed by atoms with Gasteiger partial charge in [0, 0.05) is 11.9 Å². The molecule has 0 amide bonds. The lowest BCUT2D eigenvalue weighted by molar-refractivity contribution is -0.138. The van der Waals surface area contributed by atoms with Crippen molar-refractivity contribution in [2.24, 2.45) is 0 Å². The summed E-state index contributed by atoms with van der Waals surface area (Å²) in [6.07, 6.45) is -8.54.